The van der Waals surface area contributed by atoms with Crippen molar-refractivity contribution < 1.29 is 18.0 Å². The first-order chi connectivity index (χ1) is 13.2. The molecule has 2 heterocycles. The summed E-state index contributed by atoms with van der Waals surface area (Å²) in [6, 6.07) is 7.02. The number of benzene rings is 1. The number of aryl methyl sites for hydroxylation is 1. The van der Waals surface area contributed by atoms with E-state index in [1.165, 1.54) is 0 Å². The molecule has 0 fully saturated rings. The van der Waals surface area contributed by atoms with Crippen molar-refractivity contribution in [2.75, 3.05) is 0 Å². The molecule has 0 unspecified atom stereocenters. The zero-order valence-electron chi connectivity index (χ0n) is 14.2. The summed E-state index contributed by atoms with van der Waals surface area (Å²) in [6.45, 7) is 0. The third-order valence-corrected chi connectivity index (χ3v) is 4.69. The summed E-state index contributed by atoms with van der Waals surface area (Å²) >= 11 is 11.7. The summed E-state index contributed by atoms with van der Waals surface area (Å²) in [4.78, 5) is 11.9. The van der Waals surface area contributed by atoms with Crippen LogP contribution in [0.5, 0.6) is 0 Å². The number of primary amides is 1. The van der Waals surface area contributed by atoms with E-state index >= 15 is 0 Å². The van der Waals surface area contributed by atoms with Gasteiger partial charge in [0.25, 0.3) is 5.91 Å². The number of nitrogens with two attached hydrogens (primary N) is 1. The molecule has 0 saturated carbocycles. The van der Waals surface area contributed by atoms with Crippen molar-refractivity contribution >= 4 is 29.1 Å². The minimum atomic E-state index is -4.62. The topological polar surface area (TPSA) is 100 Å². The van der Waals surface area contributed by atoms with E-state index in [1.807, 2.05) is 11.2 Å². The number of hydrogen-bond donors (Lipinski definition) is 3. The Morgan fingerprint density at radius 2 is 1.89 bits per heavy atom. The van der Waals surface area contributed by atoms with Crippen LogP contribution in [0.3, 0.4) is 0 Å². The van der Waals surface area contributed by atoms with Crippen LogP contribution in [-0.4, -0.2) is 26.3 Å². The molecule has 0 aliphatic heterocycles. The number of carbonyl (C=O) groups is 1. The summed E-state index contributed by atoms with van der Waals surface area (Å²) in [7, 11) is 0. The molecule has 0 atom stereocenters. The summed E-state index contributed by atoms with van der Waals surface area (Å²) < 4.78 is 39.1. The second kappa shape index (κ2) is 7.84. The van der Waals surface area contributed by atoms with E-state index in [4.69, 9.17) is 28.9 Å². The van der Waals surface area contributed by atoms with Crippen molar-refractivity contribution in [2.45, 2.75) is 25.4 Å². The fourth-order valence-electron chi connectivity index (χ4n) is 2.92. The van der Waals surface area contributed by atoms with Crippen LogP contribution in [0.2, 0.25) is 10.2 Å². The molecule has 0 spiro atoms. The maximum Gasteiger partial charge on any atom is 0.433 e. The normalized spacial score (nSPS) is 11.8. The monoisotopic (exact) mass is 431 g/mol. The Hall–Kier alpha value is -2.52. The number of hydrogen-bond acceptors (Lipinski definition) is 3. The molecule has 4 N–H and O–H groups in total. The predicted octanol–water partition coefficient (Wildman–Crippen LogP) is 3.93. The predicted molar refractivity (Wildman–Crippen MR) is 97.4 cm³/mol. The van der Waals surface area contributed by atoms with Gasteiger partial charge in [0.1, 0.15) is 5.69 Å². The minimum Gasteiger partial charge on any atom is -0.365 e. The molecule has 0 aliphatic rings. The van der Waals surface area contributed by atoms with Crippen LogP contribution in [0.25, 0.3) is 0 Å². The van der Waals surface area contributed by atoms with E-state index in [1.54, 1.807) is 18.2 Å². The maximum absolute atomic E-state index is 13.0. The Bertz CT molecular complexity index is 1010. The molecule has 6 nitrogen and oxygen atoms in total. The highest BCUT2D eigenvalue weighted by Crippen LogP contribution is 2.34. The number of amides is 1. The average molecular weight is 432 g/mol. The average Bonchev–Trinajstić information content (AvgIpc) is 3.16. The van der Waals surface area contributed by atoms with E-state index < -0.39 is 17.8 Å². The Labute approximate surface area is 167 Å². The quantitative estimate of drug-likeness (QED) is 0.550. The Kier molecular flexibility index (Phi) is 5.66. The van der Waals surface area contributed by atoms with Crippen LogP contribution < -0.4 is 5.73 Å². The molecule has 3 aromatic rings. The van der Waals surface area contributed by atoms with Gasteiger partial charge in [-0.3, -0.25) is 15.0 Å². The van der Waals surface area contributed by atoms with Gasteiger partial charge in [-0.25, -0.2) is 0 Å². The number of H-pyrrole nitrogens is 2. The molecule has 0 radical (unpaired) electrons. The van der Waals surface area contributed by atoms with Crippen LogP contribution >= 0.6 is 23.2 Å². The maximum atomic E-state index is 13.0. The van der Waals surface area contributed by atoms with Gasteiger partial charge in [0, 0.05) is 17.0 Å². The first-order valence-corrected chi connectivity index (χ1v) is 8.82. The Morgan fingerprint density at radius 1 is 1.14 bits per heavy atom. The summed E-state index contributed by atoms with van der Waals surface area (Å²) in [5, 5.41) is 12.4. The Balaban J connectivity index is 1.85. The lowest BCUT2D eigenvalue weighted by atomic mass is 10.0. The number of nitrogens with zero attached hydrogens (tertiary/aromatic N) is 2. The molecular formula is C17H14Cl2F3N5O. The van der Waals surface area contributed by atoms with Crippen LogP contribution in [-0.2, 0) is 25.4 Å². The zero-order chi connectivity index (χ0) is 20.5. The van der Waals surface area contributed by atoms with Crippen LogP contribution in [0.1, 0.15) is 38.6 Å². The fourth-order valence-corrected chi connectivity index (χ4v) is 3.36. The SMILES string of the molecule is NC(=O)c1c(CCc2c(Cl)n[nH]c2C(F)(F)F)n[nH]c1Cc1cccc(Cl)c1. The van der Waals surface area contributed by atoms with E-state index in [0.29, 0.717) is 17.1 Å². The van der Waals surface area contributed by atoms with Gasteiger partial charge < -0.3 is 5.73 Å². The molecule has 1 aromatic carbocycles. The van der Waals surface area contributed by atoms with Crippen molar-refractivity contribution in [2.24, 2.45) is 5.73 Å². The highest BCUT2D eigenvalue weighted by molar-refractivity contribution is 6.30. The van der Waals surface area contributed by atoms with E-state index in [0.717, 1.165) is 5.56 Å². The first-order valence-electron chi connectivity index (χ1n) is 8.07. The summed E-state index contributed by atoms with van der Waals surface area (Å²) in [5.41, 5.74) is 5.95. The third kappa shape index (κ3) is 4.31. The van der Waals surface area contributed by atoms with Gasteiger partial charge in [0.05, 0.1) is 17.0 Å². The highest BCUT2D eigenvalue weighted by atomic mass is 35.5. The van der Waals surface area contributed by atoms with Gasteiger partial charge >= 0.3 is 6.18 Å². The molecule has 0 aliphatic carbocycles. The second-order valence-corrected chi connectivity index (χ2v) is 6.85. The molecule has 3 rings (SSSR count). The van der Waals surface area contributed by atoms with E-state index in [2.05, 4.69) is 15.3 Å². The summed E-state index contributed by atoms with van der Waals surface area (Å²) in [6.07, 6.45) is -4.41. The molecule has 0 bridgehead atoms. The van der Waals surface area contributed by atoms with Crippen molar-refractivity contribution in [1.82, 2.24) is 20.4 Å². The molecule has 28 heavy (non-hydrogen) atoms. The number of carbonyl (C=O) groups excluding carboxylic acids is 1. The first kappa shape index (κ1) is 20.2. The number of aromatic nitrogens is 4. The van der Waals surface area contributed by atoms with Crippen LogP contribution in [0.15, 0.2) is 24.3 Å². The van der Waals surface area contributed by atoms with E-state index in [9.17, 15) is 18.0 Å². The second-order valence-electron chi connectivity index (χ2n) is 6.06. The largest absolute Gasteiger partial charge is 0.433 e. The van der Waals surface area contributed by atoms with Crippen molar-refractivity contribution in [3.05, 3.63) is 68.2 Å². The van der Waals surface area contributed by atoms with Gasteiger partial charge in [-0.1, -0.05) is 35.3 Å². The minimum absolute atomic E-state index is 0.0205. The molecule has 11 heteroatoms. The smallest absolute Gasteiger partial charge is 0.365 e. The standard InChI is InChI=1S/C17H14Cl2F3N5O/c18-9-3-1-2-8(6-9)7-12-13(16(23)28)11(24-25-12)5-4-10-14(17(20,21)22)26-27-15(10)19/h1-3,6H,4-5,7H2,(H2,23,28)(H,24,25)(H,26,27). The molecule has 148 valence electrons. The molecule has 2 aromatic heterocycles. The zero-order valence-corrected chi connectivity index (χ0v) is 15.7. The number of aromatic amines is 2. The van der Waals surface area contributed by atoms with Gasteiger partial charge in [-0.05, 0) is 30.5 Å². The Morgan fingerprint density at radius 3 is 2.54 bits per heavy atom. The lowest BCUT2D eigenvalue weighted by molar-refractivity contribution is -0.141. The van der Waals surface area contributed by atoms with Crippen LogP contribution in [0, 0.1) is 0 Å². The van der Waals surface area contributed by atoms with Gasteiger partial charge in [-0.15, -0.1) is 0 Å². The van der Waals surface area contributed by atoms with Gasteiger partial charge in [0.15, 0.2) is 5.15 Å². The summed E-state index contributed by atoms with van der Waals surface area (Å²) in [5.74, 6) is -0.727. The van der Waals surface area contributed by atoms with Crippen LogP contribution in [0.4, 0.5) is 13.2 Å². The lowest BCUT2D eigenvalue weighted by Crippen LogP contribution is -2.16. The van der Waals surface area contributed by atoms with Gasteiger partial charge in [-0.2, -0.15) is 23.4 Å². The van der Waals surface area contributed by atoms with Crippen molar-refractivity contribution in [3.63, 3.8) is 0 Å². The number of halogens is 5. The number of nitrogens with one attached hydrogen (secondary N) is 2. The van der Waals surface area contributed by atoms with E-state index in [-0.39, 0.29) is 34.8 Å². The molecular weight excluding hydrogens is 418 g/mol. The number of rotatable bonds is 6. The van der Waals surface area contributed by atoms with Gasteiger partial charge in [0.2, 0.25) is 0 Å². The van der Waals surface area contributed by atoms with Crippen molar-refractivity contribution in [3.8, 4) is 0 Å². The molecule has 1 amide bonds. The van der Waals surface area contributed by atoms with Crippen molar-refractivity contribution in [1.29, 1.82) is 0 Å². The highest BCUT2D eigenvalue weighted by Gasteiger charge is 2.37. The molecule has 0 saturated heterocycles. The fraction of sp³-hybridized carbons (Fsp3) is 0.235. The number of alkyl halides is 3. The lowest BCUT2D eigenvalue weighted by Gasteiger charge is -2.07. The third-order valence-electron chi connectivity index (χ3n) is 4.14.